The van der Waals surface area contributed by atoms with E-state index in [0.717, 1.165) is 12.0 Å². The van der Waals surface area contributed by atoms with Crippen LogP contribution in [0.2, 0.25) is 0 Å². The summed E-state index contributed by atoms with van der Waals surface area (Å²) in [6.07, 6.45) is 15.0. The number of ether oxygens (including phenoxy) is 3. The monoisotopic (exact) mass is 882 g/mol. The normalized spacial score (nSPS) is 38.9. The smallest absolute Gasteiger partial charge is 0.296 e. The number of carbonyl (C=O) groups excluding carboxylic acids is 5. The zero-order chi connectivity index (χ0) is 46.6. The summed E-state index contributed by atoms with van der Waals surface area (Å²) in [7, 11) is 3.19. The van der Waals surface area contributed by atoms with E-state index in [1.54, 1.807) is 41.1 Å². The molecule has 4 rings (SSSR count). The standard InChI is InChI=1S/C51H79NO11/c1-31-15-11-10-12-16-32(2)47(61-8)29-40-20-18-37(7)51(60,63-40)49(58)50(59)52-22-14-13-17-41(52)46(57)28-39(33(3)25-38-19-21-42(53)48(26-38)62-9)27-43(54)35(5)24-36(6)45(56)30-44(55)34(4)23-31/h10-12,15-16,24,31,33-35,37-42,45,47-48,53,56,60H,13-14,17-23,25-30H2,1-9H3/b12-10?,15-11+,32-16?,36-24+/t31-,33-,34-,35-,37-,38?,39-,40+,41?,42-,45+,47+,48-,51-/m1/s1. The van der Waals surface area contributed by atoms with Crippen molar-refractivity contribution in [2.45, 2.75) is 181 Å². The molecule has 3 fully saturated rings. The molecule has 2 saturated heterocycles. The van der Waals surface area contributed by atoms with Crippen molar-refractivity contribution in [1.29, 1.82) is 0 Å². The van der Waals surface area contributed by atoms with Gasteiger partial charge in [-0.1, -0.05) is 71.1 Å². The van der Waals surface area contributed by atoms with Crippen LogP contribution in [0, 0.1) is 41.4 Å². The van der Waals surface area contributed by atoms with Gasteiger partial charge in [0.1, 0.15) is 11.6 Å². The van der Waals surface area contributed by atoms with Crippen molar-refractivity contribution >= 4 is 29.0 Å². The molecule has 3 N–H and O–H groups in total. The molecular weight excluding hydrogens is 803 g/mol. The van der Waals surface area contributed by atoms with Gasteiger partial charge in [-0.25, -0.2) is 0 Å². The number of fused-ring (bicyclic) bond motifs is 3. The number of ketones is 4. The summed E-state index contributed by atoms with van der Waals surface area (Å²) < 4.78 is 17.6. The molecule has 12 nitrogen and oxygen atoms in total. The molecule has 1 aliphatic carbocycles. The number of methoxy groups -OCH3 is 2. The van der Waals surface area contributed by atoms with Crippen LogP contribution in [-0.4, -0.2) is 112 Å². The second-order valence-corrected chi connectivity index (χ2v) is 19.7. The summed E-state index contributed by atoms with van der Waals surface area (Å²) in [5, 5.41) is 33.5. The SMILES string of the molecule is CO[C@H]1C[C@@H]2CC[C@@H](C)[C@@](O)(O2)C(=O)C(=O)N2CCCCC2C(=O)C[C@H]([C@H](C)CC2CC[C@@H](O)[C@H](OC)C2)CC(=O)[C@H](C)/C=C(\C)[C@@H](O)CC(=O)[C@H](C)C[C@H](C)/C=C/C=CC=C1C. The van der Waals surface area contributed by atoms with E-state index in [1.165, 1.54) is 4.90 Å². The molecule has 1 saturated carbocycles. The molecule has 63 heavy (non-hydrogen) atoms. The van der Waals surface area contributed by atoms with Crippen LogP contribution in [0.15, 0.2) is 47.6 Å². The van der Waals surface area contributed by atoms with Gasteiger partial charge in [-0.3, -0.25) is 24.0 Å². The molecule has 3 heterocycles. The molecule has 0 radical (unpaired) electrons. The first-order chi connectivity index (χ1) is 29.8. The summed E-state index contributed by atoms with van der Waals surface area (Å²) >= 11 is 0. The second-order valence-electron chi connectivity index (χ2n) is 19.7. The highest BCUT2D eigenvalue weighted by Crippen LogP contribution is 2.39. The molecule has 3 aliphatic heterocycles. The first-order valence-electron chi connectivity index (χ1n) is 23.7. The lowest BCUT2D eigenvalue weighted by Crippen LogP contribution is -2.60. The van der Waals surface area contributed by atoms with Gasteiger partial charge >= 0.3 is 0 Å². The summed E-state index contributed by atoms with van der Waals surface area (Å²) in [5.41, 5.74) is 1.44. The number of nitrogens with zero attached hydrogens (tertiary/aromatic N) is 1. The fraction of sp³-hybridized carbons (Fsp3) is 0.745. The first-order valence-corrected chi connectivity index (χ1v) is 23.7. The summed E-state index contributed by atoms with van der Waals surface area (Å²) in [4.78, 5) is 71.6. The number of aliphatic hydroxyl groups is 3. The van der Waals surface area contributed by atoms with E-state index < -0.39 is 59.6 Å². The summed E-state index contributed by atoms with van der Waals surface area (Å²) in [6.45, 7) is 13.3. The van der Waals surface area contributed by atoms with E-state index in [0.29, 0.717) is 69.8 Å². The van der Waals surface area contributed by atoms with Crippen molar-refractivity contribution in [1.82, 2.24) is 4.90 Å². The van der Waals surface area contributed by atoms with Gasteiger partial charge in [-0.15, -0.1) is 0 Å². The van der Waals surface area contributed by atoms with Gasteiger partial charge in [0.05, 0.1) is 36.6 Å². The van der Waals surface area contributed by atoms with Crippen molar-refractivity contribution in [3.05, 3.63) is 47.6 Å². The average molecular weight is 882 g/mol. The van der Waals surface area contributed by atoms with E-state index in [-0.39, 0.29) is 79.0 Å². The zero-order valence-electron chi connectivity index (χ0n) is 39.6. The van der Waals surface area contributed by atoms with Crippen LogP contribution in [0.25, 0.3) is 0 Å². The Balaban J connectivity index is 1.67. The Bertz CT molecular complexity index is 1700. The molecule has 0 aromatic carbocycles. The Labute approximate surface area is 376 Å². The van der Waals surface area contributed by atoms with Gasteiger partial charge in [-0.05, 0) is 113 Å². The molecule has 2 bridgehead atoms. The summed E-state index contributed by atoms with van der Waals surface area (Å²) in [5.74, 6) is -6.49. The molecule has 14 atom stereocenters. The number of piperidine rings is 1. The van der Waals surface area contributed by atoms with Gasteiger partial charge in [0.2, 0.25) is 5.79 Å². The van der Waals surface area contributed by atoms with Crippen LogP contribution < -0.4 is 0 Å². The number of amides is 1. The molecule has 0 aromatic heterocycles. The molecule has 0 aromatic rings. The minimum atomic E-state index is -2.38. The quantitative estimate of drug-likeness (QED) is 0.188. The number of allylic oxidation sites excluding steroid dienone is 6. The number of carbonyl (C=O) groups is 5. The third-order valence-corrected chi connectivity index (χ3v) is 14.7. The van der Waals surface area contributed by atoms with Gasteiger partial charge < -0.3 is 34.4 Å². The predicted molar refractivity (Wildman–Crippen MR) is 242 cm³/mol. The van der Waals surface area contributed by atoms with Crippen molar-refractivity contribution in [3.8, 4) is 0 Å². The van der Waals surface area contributed by atoms with Crippen molar-refractivity contribution in [2.24, 2.45) is 41.4 Å². The summed E-state index contributed by atoms with van der Waals surface area (Å²) in [6, 6.07) is -0.900. The van der Waals surface area contributed by atoms with Crippen LogP contribution in [0.5, 0.6) is 0 Å². The Morgan fingerprint density at radius 1 is 0.810 bits per heavy atom. The topological polar surface area (TPSA) is 177 Å². The maximum absolute atomic E-state index is 14.5. The average Bonchev–Trinajstić information content (AvgIpc) is 3.25. The molecule has 0 spiro atoms. The highest BCUT2D eigenvalue weighted by molar-refractivity contribution is 6.39. The number of Topliss-reactive ketones (excluding diaryl/α,β-unsaturated/α-hetero) is 4. The first kappa shape index (κ1) is 52.5. The van der Waals surface area contributed by atoms with Crippen LogP contribution in [0.4, 0.5) is 0 Å². The molecular formula is C51H79NO11. The highest BCUT2D eigenvalue weighted by Gasteiger charge is 2.53. The van der Waals surface area contributed by atoms with Gasteiger partial charge in [0.25, 0.3) is 11.7 Å². The van der Waals surface area contributed by atoms with Crippen molar-refractivity contribution in [2.75, 3.05) is 20.8 Å². The molecule has 1 amide bonds. The van der Waals surface area contributed by atoms with Crippen molar-refractivity contribution in [3.63, 3.8) is 0 Å². The number of rotatable bonds is 5. The maximum atomic E-state index is 14.5. The number of aliphatic hydroxyl groups excluding tert-OH is 2. The van der Waals surface area contributed by atoms with Crippen molar-refractivity contribution < 1.29 is 53.5 Å². The highest BCUT2D eigenvalue weighted by atomic mass is 16.6. The Kier molecular flexibility index (Phi) is 20.3. The van der Waals surface area contributed by atoms with E-state index in [4.69, 9.17) is 14.2 Å². The van der Waals surface area contributed by atoms with E-state index in [1.807, 2.05) is 58.1 Å². The Morgan fingerprint density at radius 3 is 2.22 bits per heavy atom. The predicted octanol–water partition coefficient (Wildman–Crippen LogP) is 7.22. The third-order valence-electron chi connectivity index (χ3n) is 14.7. The largest absolute Gasteiger partial charge is 0.390 e. The van der Waals surface area contributed by atoms with Gasteiger partial charge in [0, 0.05) is 64.2 Å². The maximum Gasteiger partial charge on any atom is 0.296 e. The fourth-order valence-corrected chi connectivity index (χ4v) is 10.2. The van der Waals surface area contributed by atoms with Crippen LogP contribution in [0.3, 0.4) is 0 Å². The van der Waals surface area contributed by atoms with Gasteiger partial charge in [0.15, 0.2) is 5.78 Å². The minimum absolute atomic E-state index is 0.0103. The number of hydrogen-bond acceptors (Lipinski definition) is 11. The van der Waals surface area contributed by atoms with Crippen LogP contribution in [0.1, 0.15) is 138 Å². The van der Waals surface area contributed by atoms with Crippen LogP contribution in [-0.2, 0) is 38.2 Å². The third kappa shape index (κ3) is 14.4. The lowest BCUT2D eigenvalue weighted by atomic mass is 9.74. The molecule has 2 unspecified atom stereocenters. The van der Waals surface area contributed by atoms with E-state index >= 15 is 0 Å². The molecule has 354 valence electrons. The van der Waals surface area contributed by atoms with Crippen LogP contribution >= 0.6 is 0 Å². The number of hydrogen-bond donors (Lipinski definition) is 3. The van der Waals surface area contributed by atoms with E-state index in [9.17, 15) is 39.3 Å². The van der Waals surface area contributed by atoms with Gasteiger partial charge in [-0.2, -0.15) is 0 Å². The lowest BCUT2D eigenvalue weighted by Gasteiger charge is -2.43. The lowest BCUT2D eigenvalue weighted by molar-refractivity contribution is -0.265. The second kappa shape index (κ2) is 24.4. The Hall–Kier alpha value is -3.13. The Morgan fingerprint density at radius 2 is 1.52 bits per heavy atom. The molecule has 4 aliphatic rings. The minimum Gasteiger partial charge on any atom is -0.390 e. The van der Waals surface area contributed by atoms with E-state index in [2.05, 4.69) is 0 Å². The molecule has 12 heteroatoms. The fourth-order valence-electron chi connectivity index (χ4n) is 10.2. The zero-order valence-corrected chi connectivity index (χ0v) is 39.6.